The van der Waals surface area contributed by atoms with Crippen LogP contribution in [-0.4, -0.2) is 34.5 Å². The summed E-state index contributed by atoms with van der Waals surface area (Å²) < 4.78 is 0. The van der Waals surface area contributed by atoms with Gasteiger partial charge in [0, 0.05) is 12.5 Å². The minimum atomic E-state index is -0.866. The molecule has 1 aliphatic heterocycles. The SMILES string of the molecule is CCCC(C(=O)N1CCCC1C(=O)O)C(C)C. The topological polar surface area (TPSA) is 57.6 Å². The summed E-state index contributed by atoms with van der Waals surface area (Å²) >= 11 is 0. The molecule has 0 radical (unpaired) electrons. The molecular weight excluding hydrogens is 218 g/mol. The van der Waals surface area contributed by atoms with E-state index in [0.717, 1.165) is 19.3 Å². The first-order chi connectivity index (χ1) is 7.99. The highest BCUT2D eigenvalue weighted by atomic mass is 16.4. The van der Waals surface area contributed by atoms with Gasteiger partial charge in [-0.05, 0) is 25.2 Å². The summed E-state index contributed by atoms with van der Waals surface area (Å²) in [5.74, 6) is -0.584. The van der Waals surface area contributed by atoms with Crippen molar-refractivity contribution in [3.8, 4) is 0 Å². The van der Waals surface area contributed by atoms with Crippen LogP contribution >= 0.6 is 0 Å². The van der Waals surface area contributed by atoms with Crippen molar-refractivity contribution in [2.24, 2.45) is 11.8 Å². The average molecular weight is 241 g/mol. The number of amides is 1. The Bertz CT molecular complexity index is 288. The maximum absolute atomic E-state index is 12.4. The molecule has 1 heterocycles. The van der Waals surface area contributed by atoms with E-state index in [2.05, 4.69) is 6.92 Å². The van der Waals surface area contributed by atoms with Crippen molar-refractivity contribution in [2.75, 3.05) is 6.54 Å². The van der Waals surface area contributed by atoms with Gasteiger partial charge in [-0.15, -0.1) is 0 Å². The monoisotopic (exact) mass is 241 g/mol. The van der Waals surface area contributed by atoms with Crippen molar-refractivity contribution in [1.82, 2.24) is 4.90 Å². The second kappa shape index (κ2) is 6.03. The molecule has 1 aliphatic rings. The highest BCUT2D eigenvalue weighted by Crippen LogP contribution is 2.25. The van der Waals surface area contributed by atoms with E-state index in [0.29, 0.717) is 13.0 Å². The van der Waals surface area contributed by atoms with Crippen LogP contribution < -0.4 is 0 Å². The molecule has 1 N–H and O–H groups in total. The fraction of sp³-hybridized carbons (Fsp3) is 0.846. The first-order valence-corrected chi connectivity index (χ1v) is 6.52. The van der Waals surface area contributed by atoms with Gasteiger partial charge in [-0.2, -0.15) is 0 Å². The molecule has 4 heteroatoms. The summed E-state index contributed by atoms with van der Waals surface area (Å²) in [6, 6.07) is -0.597. The number of hydrogen-bond donors (Lipinski definition) is 1. The Morgan fingerprint density at radius 3 is 2.53 bits per heavy atom. The molecule has 2 unspecified atom stereocenters. The fourth-order valence-electron chi connectivity index (χ4n) is 2.55. The number of aliphatic carboxylic acids is 1. The molecule has 4 nitrogen and oxygen atoms in total. The Balaban J connectivity index is 2.75. The molecule has 1 rings (SSSR count). The van der Waals surface area contributed by atoms with Gasteiger partial charge in [-0.1, -0.05) is 27.2 Å². The maximum atomic E-state index is 12.4. The van der Waals surface area contributed by atoms with E-state index in [4.69, 9.17) is 5.11 Å². The van der Waals surface area contributed by atoms with Gasteiger partial charge in [0.05, 0.1) is 0 Å². The highest BCUT2D eigenvalue weighted by molar-refractivity contribution is 5.85. The number of hydrogen-bond acceptors (Lipinski definition) is 2. The van der Waals surface area contributed by atoms with Crippen LogP contribution in [0.5, 0.6) is 0 Å². The second-order valence-corrected chi connectivity index (χ2v) is 5.17. The zero-order valence-corrected chi connectivity index (χ0v) is 11.0. The third kappa shape index (κ3) is 3.20. The lowest BCUT2D eigenvalue weighted by Crippen LogP contribution is -2.44. The molecule has 98 valence electrons. The zero-order chi connectivity index (χ0) is 13.0. The second-order valence-electron chi connectivity index (χ2n) is 5.17. The van der Waals surface area contributed by atoms with E-state index in [1.54, 1.807) is 4.90 Å². The lowest BCUT2D eigenvalue weighted by molar-refractivity contribution is -0.150. The van der Waals surface area contributed by atoms with Gasteiger partial charge in [-0.25, -0.2) is 4.79 Å². The number of nitrogens with zero attached hydrogens (tertiary/aromatic N) is 1. The number of carbonyl (C=O) groups excluding carboxylic acids is 1. The van der Waals surface area contributed by atoms with E-state index in [1.165, 1.54) is 0 Å². The van der Waals surface area contributed by atoms with Gasteiger partial charge >= 0.3 is 5.97 Å². The van der Waals surface area contributed by atoms with Crippen LogP contribution in [0.3, 0.4) is 0 Å². The molecule has 1 fully saturated rings. The predicted molar refractivity (Wildman–Crippen MR) is 65.6 cm³/mol. The quantitative estimate of drug-likeness (QED) is 0.802. The van der Waals surface area contributed by atoms with Crippen molar-refractivity contribution < 1.29 is 14.7 Å². The smallest absolute Gasteiger partial charge is 0.326 e. The van der Waals surface area contributed by atoms with Gasteiger partial charge in [0.1, 0.15) is 6.04 Å². The van der Waals surface area contributed by atoms with Crippen molar-refractivity contribution in [1.29, 1.82) is 0 Å². The number of carboxylic acids is 1. The third-order valence-corrected chi connectivity index (χ3v) is 3.54. The summed E-state index contributed by atoms with van der Waals surface area (Å²) in [7, 11) is 0. The van der Waals surface area contributed by atoms with Gasteiger partial charge in [-0.3, -0.25) is 4.79 Å². The molecule has 0 spiro atoms. The van der Waals surface area contributed by atoms with Gasteiger partial charge in [0.25, 0.3) is 0 Å². The van der Waals surface area contributed by atoms with Gasteiger partial charge in [0.2, 0.25) is 5.91 Å². The normalized spacial score (nSPS) is 21.9. The molecule has 0 aliphatic carbocycles. The first-order valence-electron chi connectivity index (χ1n) is 6.52. The van der Waals surface area contributed by atoms with Crippen molar-refractivity contribution in [3.63, 3.8) is 0 Å². The molecule has 17 heavy (non-hydrogen) atoms. The number of rotatable bonds is 5. The molecular formula is C13H23NO3. The summed E-state index contributed by atoms with van der Waals surface area (Å²) in [4.78, 5) is 25.0. The van der Waals surface area contributed by atoms with Crippen LogP contribution in [0.4, 0.5) is 0 Å². The molecule has 0 aromatic rings. The summed E-state index contributed by atoms with van der Waals surface area (Å²) in [5, 5.41) is 9.09. The summed E-state index contributed by atoms with van der Waals surface area (Å²) in [6.45, 7) is 6.72. The Morgan fingerprint density at radius 1 is 1.41 bits per heavy atom. The molecule has 0 aromatic heterocycles. The average Bonchev–Trinajstić information content (AvgIpc) is 2.73. The molecule has 2 atom stereocenters. The molecule has 0 saturated carbocycles. The van der Waals surface area contributed by atoms with Crippen LogP contribution in [0, 0.1) is 11.8 Å². The molecule has 1 amide bonds. The minimum absolute atomic E-state index is 0.0278. The lowest BCUT2D eigenvalue weighted by atomic mass is 9.90. The Kier molecular flexibility index (Phi) is 4.97. The Morgan fingerprint density at radius 2 is 2.06 bits per heavy atom. The van der Waals surface area contributed by atoms with E-state index >= 15 is 0 Å². The number of carboxylic acid groups (broad SMARTS) is 1. The van der Waals surface area contributed by atoms with Crippen LogP contribution in [0.15, 0.2) is 0 Å². The van der Waals surface area contributed by atoms with Gasteiger partial charge < -0.3 is 10.0 Å². The first kappa shape index (κ1) is 14.0. The van der Waals surface area contributed by atoms with Crippen molar-refractivity contribution in [2.45, 2.75) is 52.5 Å². The summed E-state index contributed by atoms with van der Waals surface area (Å²) in [5.41, 5.74) is 0. The Hall–Kier alpha value is -1.06. The standard InChI is InChI=1S/C13H23NO3/c1-4-6-10(9(2)3)12(15)14-8-5-7-11(14)13(16)17/h9-11H,4-8H2,1-3H3,(H,16,17). The largest absolute Gasteiger partial charge is 0.480 e. The van der Waals surface area contributed by atoms with Gasteiger partial charge in [0.15, 0.2) is 0 Å². The Labute approximate surface area is 103 Å². The summed E-state index contributed by atoms with van der Waals surface area (Å²) in [6.07, 6.45) is 3.21. The van der Waals surface area contributed by atoms with Crippen LogP contribution in [0.25, 0.3) is 0 Å². The van der Waals surface area contributed by atoms with Crippen LogP contribution in [0.1, 0.15) is 46.5 Å². The van der Waals surface area contributed by atoms with Crippen LogP contribution in [-0.2, 0) is 9.59 Å². The van der Waals surface area contributed by atoms with Crippen molar-refractivity contribution >= 4 is 11.9 Å². The molecule has 1 saturated heterocycles. The lowest BCUT2D eigenvalue weighted by Gasteiger charge is -2.28. The molecule has 0 aromatic carbocycles. The fourth-order valence-corrected chi connectivity index (χ4v) is 2.55. The minimum Gasteiger partial charge on any atom is -0.480 e. The van der Waals surface area contributed by atoms with E-state index in [-0.39, 0.29) is 17.7 Å². The number of likely N-dealkylation sites (tertiary alicyclic amines) is 1. The molecule has 0 bridgehead atoms. The predicted octanol–water partition coefficient (Wildman–Crippen LogP) is 2.13. The third-order valence-electron chi connectivity index (χ3n) is 3.54. The van der Waals surface area contributed by atoms with Crippen molar-refractivity contribution in [3.05, 3.63) is 0 Å². The van der Waals surface area contributed by atoms with E-state index < -0.39 is 12.0 Å². The highest BCUT2D eigenvalue weighted by Gasteiger charge is 2.37. The van der Waals surface area contributed by atoms with E-state index in [9.17, 15) is 9.59 Å². The van der Waals surface area contributed by atoms with E-state index in [1.807, 2.05) is 13.8 Å². The maximum Gasteiger partial charge on any atom is 0.326 e. The van der Waals surface area contributed by atoms with Crippen LogP contribution in [0.2, 0.25) is 0 Å². The zero-order valence-electron chi connectivity index (χ0n) is 11.0. The number of carbonyl (C=O) groups is 2.